The Bertz CT molecular complexity index is 1160. The fraction of sp³-hybridized carbons (Fsp3) is 0.250. The van der Waals surface area contributed by atoms with Crippen LogP contribution >= 0.6 is 23.1 Å². The molecule has 0 spiro atoms. The number of para-hydroxylation sites is 1. The number of nitrogens with zero attached hydrogens (tertiary/aromatic N) is 2. The van der Waals surface area contributed by atoms with Crippen LogP contribution in [-0.2, 0) is 14.4 Å². The number of hydrogen-bond acceptors (Lipinski definition) is 7. The molecule has 1 aromatic heterocycles. The Morgan fingerprint density at radius 2 is 1.91 bits per heavy atom. The van der Waals surface area contributed by atoms with Gasteiger partial charge in [0.15, 0.2) is 5.13 Å². The van der Waals surface area contributed by atoms with Crippen molar-refractivity contribution in [3.8, 4) is 17.0 Å². The highest BCUT2D eigenvalue weighted by molar-refractivity contribution is 8.01. The van der Waals surface area contributed by atoms with Crippen molar-refractivity contribution in [3.05, 3.63) is 59.5 Å². The van der Waals surface area contributed by atoms with E-state index in [1.807, 2.05) is 44.2 Å². The molecule has 1 saturated heterocycles. The molecule has 170 valence electrons. The third kappa shape index (κ3) is 5.26. The third-order valence-electron chi connectivity index (χ3n) is 5.02. The lowest BCUT2D eigenvalue weighted by atomic mass is 10.1. The lowest BCUT2D eigenvalue weighted by Gasteiger charge is -2.14. The zero-order valence-electron chi connectivity index (χ0n) is 18.2. The standard InChI is InChI=1S/C24H23N3O4S2/c1-3-31-18-11-9-16(10-12-18)22-15(2)33-24(26-22)25-20(28)14-32-19-13-21(29)27(23(19)30)17-7-5-4-6-8-17/h4-12,19H,3,13-14H2,1-2H3,(H,25,26,28). The molecule has 3 aromatic rings. The predicted molar refractivity (Wildman–Crippen MR) is 132 cm³/mol. The predicted octanol–water partition coefficient (Wildman–Crippen LogP) is 4.52. The van der Waals surface area contributed by atoms with Crippen LogP contribution in [0, 0.1) is 6.92 Å². The van der Waals surface area contributed by atoms with E-state index in [-0.39, 0.29) is 29.9 Å². The number of amides is 3. The van der Waals surface area contributed by atoms with Gasteiger partial charge in [0.05, 0.1) is 29.0 Å². The first-order chi connectivity index (χ1) is 16.0. The molecule has 0 aliphatic carbocycles. The zero-order chi connectivity index (χ0) is 23.4. The van der Waals surface area contributed by atoms with Crippen molar-refractivity contribution >= 4 is 51.6 Å². The number of aryl methyl sites for hydroxylation is 1. The van der Waals surface area contributed by atoms with Gasteiger partial charge >= 0.3 is 0 Å². The van der Waals surface area contributed by atoms with Crippen LogP contribution in [0.2, 0.25) is 0 Å². The molecular weight excluding hydrogens is 458 g/mol. The summed E-state index contributed by atoms with van der Waals surface area (Å²) in [4.78, 5) is 44.3. The molecule has 1 fully saturated rings. The molecule has 4 rings (SSSR count). The van der Waals surface area contributed by atoms with Crippen molar-refractivity contribution in [1.29, 1.82) is 0 Å². The number of anilines is 2. The van der Waals surface area contributed by atoms with Gasteiger partial charge in [-0.1, -0.05) is 18.2 Å². The van der Waals surface area contributed by atoms with Gasteiger partial charge in [-0.05, 0) is 50.2 Å². The van der Waals surface area contributed by atoms with Crippen LogP contribution in [0.1, 0.15) is 18.2 Å². The molecule has 0 saturated carbocycles. The van der Waals surface area contributed by atoms with Crippen LogP contribution in [0.3, 0.4) is 0 Å². The molecule has 1 unspecified atom stereocenters. The molecule has 1 aliphatic heterocycles. The second-order valence-corrected chi connectivity index (χ2v) is 9.73. The van der Waals surface area contributed by atoms with Crippen LogP contribution in [-0.4, -0.2) is 40.3 Å². The van der Waals surface area contributed by atoms with Gasteiger partial charge < -0.3 is 10.1 Å². The van der Waals surface area contributed by atoms with Gasteiger partial charge in [-0.2, -0.15) is 0 Å². The maximum absolute atomic E-state index is 12.7. The first kappa shape index (κ1) is 23.0. The molecule has 0 radical (unpaired) electrons. The molecule has 1 aliphatic rings. The van der Waals surface area contributed by atoms with E-state index in [2.05, 4.69) is 10.3 Å². The molecule has 9 heteroatoms. The molecule has 2 aromatic carbocycles. The van der Waals surface area contributed by atoms with Gasteiger partial charge in [0.25, 0.3) is 0 Å². The van der Waals surface area contributed by atoms with Crippen LogP contribution in [0.5, 0.6) is 5.75 Å². The number of nitrogens with one attached hydrogen (secondary N) is 1. The number of imide groups is 1. The molecule has 1 atom stereocenters. The van der Waals surface area contributed by atoms with Crippen LogP contribution in [0.15, 0.2) is 54.6 Å². The third-order valence-corrected chi connectivity index (χ3v) is 7.10. The van der Waals surface area contributed by atoms with Crippen LogP contribution < -0.4 is 15.0 Å². The van der Waals surface area contributed by atoms with E-state index < -0.39 is 5.25 Å². The number of rotatable bonds is 8. The zero-order valence-corrected chi connectivity index (χ0v) is 19.9. The fourth-order valence-electron chi connectivity index (χ4n) is 3.51. The van der Waals surface area contributed by atoms with Gasteiger partial charge in [-0.3, -0.25) is 14.4 Å². The summed E-state index contributed by atoms with van der Waals surface area (Å²) in [6.45, 7) is 4.49. The van der Waals surface area contributed by atoms with Crippen molar-refractivity contribution in [1.82, 2.24) is 4.98 Å². The Morgan fingerprint density at radius 1 is 1.18 bits per heavy atom. The number of benzene rings is 2. The van der Waals surface area contributed by atoms with Crippen LogP contribution in [0.4, 0.5) is 10.8 Å². The Balaban J connectivity index is 1.34. The molecule has 1 N–H and O–H groups in total. The van der Waals surface area contributed by atoms with E-state index in [0.29, 0.717) is 17.4 Å². The summed E-state index contributed by atoms with van der Waals surface area (Å²) in [5.41, 5.74) is 2.30. The molecule has 0 bridgehead atoms. The number of thioether (sulfide) groups is 1. The molecule has 3 amide bonds. The minimum Gasteiger partial charge on any atom is -0.494 e. The topological polar surface area (TPSA) is 88.6 Å². The van der Waals surface area contributed by atoms with Crippen LogP contribution in [0.25, 0.3) is 11.3 Å². The van der Waals surface area contributed by atoms with E-state index in [0.717, 1.165) is 21.9 Å². The molecular formula is C24H23N3O4S2. The van der Waals surface area contributed by atoms with Crippen molar-refractivity contribution in [2.45, 2.75) is 25.5 Å². The maximum Gasteiger partial charge on any atom is 0.247 e. The highest BCUT2D eigenvalue weighted by atomic mass is 32.2. The number of carbonyl (C=O) groups excluding carboxylic acids is 3. The number of hydrogen-bond donors (Lipinski definition) is 1. The Labute approximate surface area is 200 Å². The van der Waals surface area contributed by atoms with E-state index in [1.54, 1.807) is 24.3 Å². The first-order valence-electron chi connectivity index (χ1n) is 10.5. The largest absolute Gasteiger partial charge is 0.494 e. The van der Waals surface area contributed by atoms with E-state index in [1.165, 1.54) is 28.0 Å². The second-order valence-electron chi connectivity index (χ2n) is 7.34. The van der Waals surface area contributed by atoms with Crippen molar-refractivity contribution in [3.63, 3.8) is 0 Å². The van der Waals surface area contributed by atoms with Gasteiger partial charge in [0, 0.05) is 16.9 Å². The smallest absolute Gasteiger partial charge is 0.247 e. The average molecular weight is 482 g/mol. The van der Waals surface area contributed by atoms with Crippen molar-refractivity contribution in [2.75, 3.05) is 22.6 Å². The first-order valence-corrected chi connectivity index (χ1v) is 12.4. The van der Waals surface area contributed by atoms with Crippen molar-refractivity contribution < 1.29 is 19.1 Å². The van der Waals surface area contributed by atoms with Gasteiger partial charge in [-0.15, -0.1) is 23.1 Å². The summed E-state index contributed by atoms with van der Waals surface area (Å²) in [6, 6.07) is 16.5. The average Bonchev–Trinajstić information content (AvgIpc) is 3.31. The normalized spacial score (nSPS) is 15.7. The molecule has 33 heavy (non-hydrogen) atoms. The van der Waals surface area contributed by atoms with E-state index in [4.69, 9.17) is 4.74 Å². The van der Waals surface area contributed by atoms with Gasteiger partial charge in [0.2, 0.25) is 17.7 Å². The summed E-state index contributed by atoms with van der Waals surface area (Å²) in [6.07, 6.45) is 0.0872. The summed E-state index contributed by atoms with van der Waals surface area (Å²) < 4.78 is 5.47. The van der Waals surface area contributed by atoms with E-state index in [9.17, 15) is 14.4 Å². The Morgan fingerprint density at radius 3 is 2.61 bits per heavy atom. The highest BCUT2D eigenvalue weighted by Crippen LogP contribution is 2.32. The van der Waals surface area contributed by atoms with Gasteiger partial charge in [0.1, 0.15) is 5.75 Å². The summed E-state index contributed by atoms with van der Waals surface area (Å²) in [7, 11) is 0. The van der Waals surface area contributed by atoms with E-state index >= 15 is 0 Å². The maximum atomic E-state index is 12.7. The molecule has 7 nitrogen and oxygen atoms in total. The molecule has 2 heterocycles. The number of carbonyl (C=O) groups is 3. The number of thiazole rings is 1. The van der Waals surface area contributed by atoms with Crippen molar-refractivity contribution in [2.24, 2.45) is 0 Å². The fourth-order valence-corrected chi connectivity index (χ4v) is 5.29. The monoisotopic (exact) mass is 481 g/mol. The Kier molecular flexibility index (Phi) is 7.10. The minimum absolute atomic E-state index is 0.0589. The van der Waals surface area contributed by atoms with Gasteiger partial charge in [-0.25, -0.2) is 9.88 Å². The second kappa shape index (κ2) is 10.2. The SMILES string of the molecule is CCOc1ccc(-c2nc(NC(=O)CSC3CC(=O)N(c4ccccc4)C3=O)sc2C)cc1. The summed E-state index contributed by atoms with van der Waals surface area (Å²) >= 11 is 2.57. The number of ether oxygens (including phenoxy) is 1. The number of aromatic nitrogens is 1. The Hall–Kier alpha value is -3.17. The minimum atomic E-state index is -0.569. The summed E-state index contributed by atoms with van der Waals surface area (Å²) in [5.74, 6) is 0.0611. The lowest BCUT2D eigenvalue weighted by Crippen LogP contribution is -2.31. The lowest BCUT2D eigenvalue weighted by molar-refractivity contribution is -0.121. The highest BCUT2D eigenvalue weighted by Gasteiger charge is 2.40. The summed E-state index contributed by atoms with van der Waals surface area (Å²) in [5, 5.41) is 2.74. The quantitative estimate of drug-likeness (QED) is 0.476.